The van der Waals surface area contributed by atoms with Gasteiger partial charge in [0.05, 0.1) is 7.11 Å². The van der Waals surface area contributed by atoms with Gasteiger partial charge in [-0.25, -0.2) is 9.97 Å². The highest BCUT2D eigenvalue weighted by molar-refractivity contribution is 5.92. The number of aromatic nitrogens is 3. The Balaban J connectivity index is 1.63. The molecule has 3 rings (SSSR count). The van der Waals surface area contributed by atoms with Crippen LogP contribution in [-0.2, 0) is 13.0 Å². The van der Waals surface area contributed by atoms with Crippen LogP contribution in [-0.4, -0.2) is 41.6 Å². The maximum atomic E-state index is 12.6. The quantitative estimate of drug-likeness (QED) is 0.636. The largest absolute Gasteiger partial charge is 0.497 e. The van der Waals surface area contributed by atoms with Gasteiger partial charge in [-0.05, 0) is 48.7 Å². The zero-order chi connectivity index (χ0) is 20.6. The molecule has 0 unspecified atom stereocenters. The van der Waals surface area contributed by atoms with Crippen LogP contribution in [0, 0.1) is 6.92 Å². The molecule has 0 saturated heterocycles. The molecule has 0 fully saturated rings. The minimum atomic E-state index is -0.227. The maximum absolute atomic E-state index is 12.6. The predicted octanol–water partition coefficient (Wildman–Crippen LogP) is 2.80. The fourth-order valence-electron chi connectivity index (χ4n) is 2.84. The van der Waals surface area contributed by atoms with Crippen LogP contribution in [0.1, 0.15) is 27.4 Å². The first-order valence-corrected chi connectivity index (χ1v) is 9.42. The molecule has 0 spiro atoms. The topological polar surface area (TPSA) is 80.2 Å². The Morgan fingerprint density at radius 2 is 1.79 bits per heavy atom. The van der Waals surface area contributed by atoms with E-state index in [2.05, 4.69) is 20.3 Å². The summed E-state index contributed by atoms with van der Waals surface area (Å²) in [5, 5.41) is 2.91. The SMILES string of the molecule is COc1ccc(CNC(=O)c2cc(N(C)CCc3ccncc3)nc(C)n2)cc1. The smallest absolute Gasteiger partial charge is 0.270 e. The van der Waals surface area contributed by atoms with Crippen LogP contribution >= 0.6 is 0 Å². The summed E-state index contributed by atoms with van der Waals surface area (Å²) < 4.78 is 5.15. The Kier molecular flexibility index (Phi) is 6.73. The molecule has 0 aliphatic rings. The van der Waals surface area contributed by atoms with E-state index in [0.29, 0.717) is 18.1 Å². The van der Waals surface area contributed by atoms with Gasteiger partial charge in [0.15, 0.2) is 0 Å². The Labute approximate surface area is 170 Å². The van der Waals surface area contributed by atoms with Crippen LogP contribution in [0.2, 0.25) is 0 Å². The normalized spacial score (nSPS) is 10.4. The van der Waals surface area contributed by atoms with E-state index in [4.69, 9.17) is 4.74 Å². The van der Waals surface area contributed by atoms with E-state index in [1.807, 2.05) is 48.3 Å². The number of aryl methyl sites for hydroxylation is 1. The fraction of sp³-hybridized carbons (Fsp3) is 0.273. The molecule has 0 bridgehead atoms. The Hall–Kier alpha value is -3.48. The third-order valence-corrected chi connectivity index (χ3v) is 4.55. The Morgan fingerprint density at radius 3 is 2.48 bits per heavy atom. The molecular weight excluding hydrogens is 366 g/mol. The number of hydrogen-bond acceptors (Lipinski definition) is 6. The average molecular weight is 391 g/mol. The lowest BCUT2D eigenvalue weighted by molar-refractivity contribution is 0.0945. The van der Waals surface area contributed by atoms with Crippen LogP contribution < -0.4 is 15.0 Å². The monoisotopic (exact) mass is 391 g/mol. The van der Waals surface area contributed by atoms with Crippen molar-refractivity contribution in [3.8, 4) is 5.75 Å². The molecule has 29 heavy (non-hydrogen) atoms. The second-order valence-corrected chi connectivity index (χ2v) is 6.72. The summed E-state index contributed by atoms with van der Waals surface area (Å²) in [4.78, 5) is 27.4. The molecule has 0 atom stereocenters. The van der Waals surface area contributed by atoms with Gasteiger partial charge in [0.1, 0.15) is 23.1 Å². The first-order valence-electron chi connectivity index (χ1n) is 9.42. The number of amides is 1. The molecule has 7 nitrogen and oxygen atoms in total. The molecule has 0 aliphatic carbocycles. The first kappa shape index (κ1) is 20.3. The van der Waals surface area contributed by atoms with Gasteiger partial charge in [-0.15, -0.1) is 0 Å². The zero-order valence-electron chi connectivity index (χ0n) is 16.9. The van der Waals surface area contributed by atoms with Crippen molar-refractivity contribution in [3.05, 3.63) is 77.5 Å². The van der Waals surface area contributed by atoms with Crippen LogP contribution in [0.15, 0.2) is 54.9 Å². The summed E-state index contributed by atoms with van der Waals surface area (Å²) in [6, 6.07) is 13.3. The number of carbonyl (C=O) groups is 1. The van der Waals surface area contributed by atoms with E-state index in [0.717, 1.165) is 30.1 Å². The van der Waals surface area contributed by atoms with Gasteiger partial charge in [-0.3, -0.25) is 9.78 Å². The van der Waals surface area contributed by atoms with Crippen LogP contribution in [0.4, 0.5) is 5.82 Å². The average Bonchev–Trinajstić information content (AvgIpc) is 2.76. The number of benzene rings is 1. The Morgan fingerprint density at radius 1 is 1.07 bits per heavy atom. The number of anilines is 1. The first-order chi connectivity index (χ1) is 14.0. The van der Waals surface area contributed by atoms with Crippen molar-refractivity contribution in [2.45, 2.75) is 19.9 Å². The van der Waals surface area contributed by atoms with Gasteiger partial charge in [0, 0.05) is 38.6 Å². The van der Waals surface area contributed by atoms with Crippen LogP contribution in [0.25, 0.3) is 0 Å². The van der Waals surface area contributed by atoms with Gasteiger partial charge in [-0.1, -0.05) is 12.1 Å². The number of nitrogens with zero attached hydrogens (tertiary/aromatic N) is 4. The van der Waals surface area contributed by atoms with Crippen molar-refractivity contribution >= 4 is 11.7 Å². The van der Waals surface area contributed by atoms with E-state index in [-0.39, 0.29) is 5.91 Å². The van der Waals surface area contributed by atoms with Crippen molar-refractivity contribution in [1.82, 2.24) is 20.3 Å². The van der Waals surface area contributed by atoms with Crippen molar-refractivity contribution in [1.29, 1.82) is 0 Å². The zero-order valence-corrected chi connectivity index (χ0v) is 16.9. The number of carbonyl (C=O) groups excluding carboxylic acids is 1. The molecular formula is C22H25N5O2. The van der Waals surface area contributed by atoms with Crippen molar-refractivity contribution in [2.75, 3.05) is 25.6 Å². The molecule has 0 aliphatic heterocycles. The summed E-state index contributed by atoms with van der Waals surface area (Å²) in [6.07, 6.45) is 4.44. The number of ether oxygens (including phenoxy) is 1. The van der Waals surface area contributed by atoms with Gasteiger partial charge in [0.2, 0.25) is 0 Å². The van der Waals surface area contributed by atoms with Gasteiger partial charge in [0.25, 0.3) is 5.91 Å². The lowest BCUT2D eigenvalue weighted by Crippen LogP contribution is -2.26. The number of hydrogen-bond donors (Lipinski definition) is 1. The number of nitrogens with one attached hydrogen (secondary N) is 1. The van der Waals surface area contributed by atoms with E-state index in [9.17, 15) is 4.79 Å². The molecule has 3 aromatic rings. The Bertz CT molecular complexity index is 945. The standard InChI is InChI=1S/C22H25N5O2/c1-16-25-20(22(28)24-15-18-4-6-19(29-3)7-5-18)14-21(26-16)27(2)13-10-17-8-11-23-12-9-17/h4-9,11-12,14H,10,13,15H2,1-3H3,(H,24,28). The molecule has 7 heteroatoms. The van der Waals surface area contributed by atoms with Crippen LogP contribution in [0.5, 0.6) is 5.75 Å². The second kappa shape index (κ2) is 9.64. The van der Waals surface area contributed by atoms with Crippen molar-refractivity contribution < 1.29 is 9.53 Å². The summed E-state index contributed by atoms with van der Waals surface area (Å²) >= 11 is 0. The molecule has 0 radical (unpaired) electrons. The minimum Gasteiger partial charge on any atom is -0.497 e. The molecule has 150 valence electrons. The van der Waals surface area contributed by atoms with E-state index in [1.165, 1.54) is 5.56 Å². The van der Waals surface area contributed by atoms with E-state index < -0.39 is 0 Å². The van der Waals surface area contributed by atoms with Crippen molar-refractivity contribution in [2.24, 2.45) is 0 Å². The summed E-state index contributed by atoms with van der Waals surface area (Å²) in [5.74, 6) is 1.84. The molecule has 2 heterocycles. The number of rotatable bonds is 8. The third kappa shape index (κ3) is 5.75. The third-order valence-electron chi connectivity index (χ3n) is 4.55. The van der Waals surface area contributed by atoms with Gasteiger partial charge >= 0.3 is 0 Å². The minimum absolute atomic E-state index is 0.227. The molecule has 2 aromatic heterocycles. The molecule has 1 N–H and O–H groups in total. The van der Waals surface area contributed by atoms with Gasteiger partial charge in [-0.2, -0.15) is 0 Å². The summed E-state index contributed by atoms with van der Waals surface area (Å²) in [5.41, 5.74) is 2.55. The highest BCUT2D eigenvalue weighted by Crippen LogP contribution is 2.14. The summed E-state index contributed by atoms with van der Waals surface area (Å²) in [6.45, 7) is 2.98. The van der Waals surface area contributed by atoms with Crippen LogP contribution in [0.3, 0.4) is 0 Å². The highest BCUT2D eigenvalue weighted by atomic mass is 16.5. The highest BCUT2D eigenvalue weighted by Gasteiger charge is 2.13. The van der Waals surface area contributed by atoms with Gasteiger partial charge < -0.3 is 15.0 Å². The number of likely N-dealkylation sites (N-methyl/N-ethyl adjacent to an activating group) is 1. The summed E-state index contributed by atoms with van der Waals surface area (Å²) in [7, 11) is 3.59. The number of methoxy groups -OCH3 is 1. The second-order valence-electron chi connectivity index (χ2n) is 6.72. The number of pyridine rings is 1. The predicted molar refractivity (Wildman–Crippen MR) is 112 cm³/mol. The molecule has 1 amide bonds. The lowest BCUT2D eigenvalue weighted by Gasteiger charge is -2.19. The van der Waals surface area contributed by atoms with E-state index in [1.54, 1.807) is 32.5 Å². The van der Waals surface area contributed by atoms with Crippen molar-refractivity contribution in [3.63, 3.8) is 0 Å². The fourth-order valence-corrected chi connectivity index (χ4v) is 2.84. The maximum Gasteiger partial charge on any atom is 0.270 e. The lowest BCUT2D eigenvalue weighted by atomic mass is 10.2. The van der Waals surface area contributed by atoms with E-state index >= 15 is 0 Å². The molecule has 0 saturated carbocycles. The molecule has 1 aromatic carbocycles.